The van der Waals surface area contributed by atoms with Crippen LogP contribution in [0.2, 0.25) is 0 Å². The Morgan fingerprint density at radius 2 is 1.95 bits per heavy atom. The van der Waals surface area contributed by atoms with E-state index in [9.17, 15) is 0 Å². The minimum absolute atomic E-state index is 0.266. The molecular weight excluding hydrogens is 274 g/mol. The topological polar surface area (TPSA) is 41.3 Å². The van der Waals surface area contributed by atoms with E-state index in [1.165, 1.54) is 5.56 Å². The third kappa shape index (κ3) is 3.50. The SMILES string of the molecule is Cc1ccc(N2CCC(NC(C)c3ccc(C)o3)CC2)nc1. The van der Waals surface area contributed by atoms with E-state index < -0.39 is 0 Å². The van der Waals surface area contributed by atoms with Crippen LogP contribution in [0.1, 0.15) is 42.9 Å². The lowest BCUT2D eigenvalue weighted by Crippen LogP contribution is -2.43. The van der Waals surface area contributed by atoms with Crippen LogP contribution in [0.15, 0.2) is 34.9 Å². The maximum Gasteiger partial charge on any atom is 0.128 e. The van der Waals surface area contributed by atoms with Crippen molar-refractivity contribution in [2.45, 2.75) is 45.7 Å². The summed E-state index contributed by atoms with van der Waals surface area (Å²) in [4.78, 5) is 6.90. The molecule has 1 atom stereocenters. The summed E-state index contributed by atoms with van der Waals surface area (Å²) in [6.45, 7) is 8.34. The van der Waals surface area contributed by atoms with E-state index >= 15 is 0 Å². The highest BCUT2D eigenvalue weighted by Crippen LogP contribution is 2.21. The predicted molar refractivity (Wildman–Crippen MR) is 89.2 cm³/mol. The summed E-state index contributed by atoms with van der Waals surface area (Å²) in [5.41, 5.74) is 1.21. The number of anilines is 1. The summed E-state index contributed by atoms with van der Waals surface area (Å²) in [5.74, 6) is 3.10. The van der Waals surface area contributed by atoms with E-state index in [1.807, 2.05) is 19.2 Å². The van der Waals surface area contributed by atoms with Gasteiger partial charge in [-0.05, 0) is 57.4 Å². The molecule has 0 spiro atoms. The fourth-order valence-electron chi connectivity index (χ4n) is 3.04. The van der Waals surface area contributed by atoms with E-state index in [0.29, 0.717) is 6.04 Å². The largest absolute Gasteiger partial charge is 0.465 e. The van der Waals surface area contributed by atoms with Gasteiger partial charge in [-0.3, -0.25) is 0 Å². The Morgan fingerprint density at radius 3 is 2.55 bits per heavy atom. The first kappa shape index (κ1) is 15.1. The molecular formula is C18H25N3O. The molecule has 2 aromatic heterocycles. The molecule has 4 nitrogen and oxygen atoms in total. The summed E-state index contributed by atoms with van der Waals surface area (Å²) in [6.07, 6.45) is 4.22. The molecule has 1 aliphatic rings. The molecule has 2 aromatic rings. The molecule has 0 bridgehead atoms. The highest BCUT2D eigenvalue weighted by molar-refractivity contribution is 5.39. The molecule has 118 valence electrons. The van der Waals surface area contributed by atoms with Gasteiger partial charge in [0.1, 0.15) is 17.3 Å². The van der Waals surface area contributed by atoms with Gasteiger partial charge >= 0.3 is 0 Å². The van der Waals surface area contributed by atoms with Crippen LogP contribution < -0.4 is 10.2 Å². The maximum absolute atomic E-state index is 5.71. The second-order valence-corrected chi connectivity index (χ2v) is 6.29. The van der Waals surface area contributed by atoms with Crippen LogP contribution in [0.25, 0.3) is 0 Å². The Labute approximate surface area is 132 Å². The molecule has 1 unspecified atom stereocenters. The van der Waals surface area contributed by atoms with Crippen molar-refractivity contribution in [2.75, 3.05) is 18.0 Å². The molecule has 0 radical (unpaired) electrons. The molecule has 1 fully saturated rings. The minimum atomic E-state index is 0.266. The molecule has 3 rings (SSSR count). The molecule has 0 saturated carbocycles. The van der Waals surface area contributed by atoms with Gasteiger partial charge in [-0.25, -0.2) is 4.98 Å². The van der Waals surface area contributed by atoms with Crippen molar-refractivity contribution in [1.29, 1.82) is 0 Å². The zero-order chi connectivity index (χ0) is 15.5. The predicted octanol–water partition coefficient (Wildman–Crippen LogP) is 3.61. The Morgan fingerprint density at radius 1 is 1.18 bits per heavy atom. The van der Waals surface area contributed by atoms with E-state index in [0.717, 1.165) is 43.3 Å². The van der Waals surface area contributed by atoms with E-state index in [1.54, 1.807) is 0 Å². The number of hydrogen-bond acceptors (Lipinski definition) is 4. The maximum atomic E-state index is 5.71. The van der Waals surface area contributed by atoms with Crippen molar-refractivity contribution >= 4 is 5.82 Å². The third-order valence-electron chi connectivity index (χ3n) is 4.39. The molecule has 1 saturated heterocycles. The first-order valence-corrected chi connectivity index (χ1v) is 8.12. The van der Waals surface area contributed by atoms with Crippen molar-refractivity contribution in [1.82, 2.24) is 10.3 Å². The summed E-state index contributed by atoms with van der Waals surface area (Å²) in [5, 5.41) is 3.69. The highest BCUT2D eigenvalue weighted by Gasteiger charge is 2.22. The lowest BCUT2D eigenvalue weighted by molar-refractivity contribution is 0.342. The number of hydrogen-bond donors (Lipinski definition) is 1. The van der Waals surface area contributed by atoms with Crippen LogP contribution in [-0.4, -0.2) is 24.1 Å². The molecule has 4 heteroatoms. The summed E-state index contributed by atoms with van der Waals surface area (Å²) in [7, 11) is 0. The molecule has 1 N–H and O–H groups in total. The van der Waals surface area contributed by atoms with Gasteiger partial charge in [0.15, 0.2) is 0 Å². The van der Waals surface area contributed by atoms with Gasteiger partial charge in [0.05, 0.1) is 6.04 Å². The van der Waals surface area contributed by atoms with Gasteiger partial charge < -0.3 is 14.6 Å². The van der Waals surface area contributed by atoms with Crippen LogP contribution in [0.4, 0.5) is 5.82 Å². The number of aromatic nitrogens is 1. The Balaban J connectivity index is 1.52. The average molecular weight is 299 g/mol. The second-order valence-electron chi connectivity index (χ2n) is 6.29. The van der Waals surface area contributed by atoms with Crippen LogP contribution in [0.5, 0.6) is 0 Å². The third-order valence-corrected chi connectivity index (χ3v) is 4.39. The smallest absolute Gasteiger partial charge is 0.128 e. The van der Waals surface area contributed by atoms with Crippen LogP contribution >= 0.6 is 0 Å². The Bertz CT molecular complexity index is 597. The number of furan rings is 1. The lowest BCUT2D eigenvalue weighted by atomic mass is 10.0. The number of aryl methyl sites for hydroxylation is 2. The van der Waals surface area contributed by atoms with E-state index in [-0.39, 0.29) is 6.04 Å². The number of piperidine rings is 1. The van der Waals surface area contributed by atoms with Gasteiger partial charge in [0.25, 0.3) is 0 Å². The average Bonchev–Trinajstić information content (AvgIpc) is 2.96. The molecule has 0 amide bonds. The minimum Gasteiger partial charge on any atom is -0.465 e. The van der Waals surface area contributed by atoms with Crippen molar-refractivity contribution in [3.05, 3.63) is 47.5 Å². The van der Waals surface area contributed by atoms with Crippen molar-refractivity contribution in [3.8, 4) is 0 Å². The molecule has 22 heavy (non-hydrogen) atoms. The number of pyridine rings is 1. The van der Waals surface area contributed by atoms with E-state index in [2.05, 4.69) is 47.2 Å². The summed E-state index contributed by atoms with van der Waals surface area (Å²) >= 11 is 0. The monoisotopic (exact) mass is 299 g/mol. The number of nitrogens with one attached hydrogen (secondary N) is 1. The van der Waals surface area contributed by atoms with Gasteiger partial charge in [0, 0.05) is 25.3 Å². The zero-order valence-electron chi connectivity index (χ0n) is 13.7. The summed E-state index contributed by atoms with van der Waals surface area (Å²) in [6, 6.07) is 9.16. The van der Waals surface area contributed by atoms with Gasteiger partial charge in [-0.15, -0.1) is 0 Å². The lowest BCUT2D eigenvalue weighted by Gasteiger charge is -2.34. The molecule has 0 aliphatic carbocycles. The zero-order valence-corrected chi connectivity index (χ0v) is 13.7. The second kappa shape index (κ2) is 6.53. The summed E-state index contributed by atoms with van der Waals surface area (Å²) < 4.78 is 5.71. The van der Waals surface area contributed by atoms with Gasteiger partial charge in [0.2, 0.25) is 0 Å². The first-order chi connectivity index (χ1) is 10.6. The van der Waals surface area contributed by atoms with Crippen molar-refractivity contribution < 1.29 is 4.42 Å². The van der Waals surface area contributed by atoms with Crippen LogP contribution in [0, 0.1) is 13.8 Å². The van der Waals surface area contributed by atoms with Crippen molar-refractivity contribution in [2.24, 2.45) is 0 Å². The molecule has 1 aliphatic heterocycles. The van der Waals surface area contributed by atoms with E-state index in [4.69, 9.17) is 4.42 Å². The molecule has 3 heterocycles. The Kier molecular flexibility index (Phi) is 4.48. The molecule has 0 aromatic carbocycles. The quantitative estimate of drug-likeness (QED) is 0.936. The van der Waals surface area contributed by atoms with Crippen LogP contribution in [0.3, 0.4) is 0 Å². The normalized spacial score (nSPS) is 17.7. The number of rotatable bonds is 4. The fraction of sp³-hybridized carbons (Fsp3) is 0.500. The highest BCUT2D eigenvalue weighted by atomic mass is 16.3. The fourth-order valence-corrected chi connectivity index (χ4v) is 3.04. The van der Waals surface area contributed by atoms with Gasteiger partial charge in [-0.1, -0.05) is 6.07 Å². The van der Waals surface area contributed by atoms with Gasteiger partial charge in [-0.2, -0.15) is 0 Å². The van der Waals surface area contributed by atoms with Crippen molar-refractivity contribution in [3.63, 3.8) is 0 Å². The van der Waals surface area contributed by atoms with Crippen LogP contribution in [-0.2, 0) is 0 Å². The Hall–Kier alpha value is -1.81. The number of nitrogens with zero attached hydrogens (tertiary/aromatic N) is 2. The first-order valence-electron chi connectivity index (χ1n) is 8.12. The standard InChI is InChI=1S/C18H25N3O/c1-13-4-7-18(19-12-13)21-10-8-16(9-11-21)20-15(3)17-6-5-14(2)22-17/h4-7,12,15-16,20H,8-11H2,1-3H3.